The molecule has 2 amide bonds. The minimum atomic E-state index is -0.803. The van der Waals surface area contributed by atoms with E-state index in [4.69, 9.17) is 4.74 Å². The Bertz CT molecular complexity index is 353. The van der Waals surface area contributed by atoms with E-state index in [-0.39, 0.29) is 24.7 Å². The summed E-state index contributed by atoms with van der Waals surface area (Å²) in [7, 11) is 0. The van der Waals surface area contributed by atoms with Gasteiger partial charge in [0.05, 0.1) is 17.6 Å². The molecule has 2 unspecified atom stereocenters. The van der Waals surface area contributed by atoms with Crippen molar-refractivity contribution in [2.75, 3.05) is 13.2 Å². The maximum absolute atomic E-state index is 11.8. The minimum absolute atomic E-state index is 0.0179. The Kier molecular flexibility index (Phi) is 4.29. The summed E-state index contributed by atoms with van der Waals surface area (Å²) in [6, 6.07) is -0.278. The van der Waals surface area contributed by atoms with Crippen LogP contribution in [0.4, 0.5) is 4.79 Å². The summed E-state index contributed by atoms with van der Waals surface area (Å²) in [5.41, 5.74) is -0.769. The highest BCUT2D eigenvalue weighted by molar-refractivity contribution is 5.78. The van der Waals surface area contributed by atoms with Gasteiger partial charge in [0.1, 0.15) is 0 Å². The highest BCUT2D eigenvalue weighted by Crippen LogP contribution is 2.37. The molecule has 0 bridgehead atoms. The molecule has 1 heterocycles. The molecule has 0 aromatic heterocycles. The largest absolute Gasteiger partial charge is 0.481 e. The molecule has 3 N–H and O–H groups in total. The number of urea groups is 1. The Morgan fingerprint density at radius 3 is 2.58 bits per heavy atom. The van der Waals surface area contributed by atoms with Crippen molar-refractivity contribution in [3.05, 3.63) is 0 Å². The van der Waals surface area contributed by atoms with E-state index in [2.05, 4.69) is 10.6 Å². The lowest BCUT2D eigenvalue weighted by Crippen LogP contribution is -2.49. The predicted molar refractivity (Wildman–Crippen MR) is 68.9 cm³/mol. The Balaban J connectivity index is 1.80. The molecule has 19 heavy (non-hydrogen) atoms. The Morgan fingerprint density at radius 2 is 2.05 bits per heavy atom. The van der Waals surface area contributed by atoms with E-state index in [1.807, 2.05) is 6.92 Å². The van der Waals surface area contributed by atoms with Crippen molar-refractivity contribution >= 4 is 12.0 Å². The van der Waals surface area contributed by atoms with Gasteiger partial charge in [-0.15, -0.1) is 0 Å². The first kappa shape index (κ1) is 14.1. The first-order valence-corrected chi connectivity index (χ1v) is 6.93. The number of nitrogens with one attached hydrogen (secondary N) is 2. The lowest BCUT2D eigenvalue weighted by Gasteiger charge is -2.25. The normalized spacial score (nSPS) is 29.1. The van der Waals surface area contributed by atoms with Crippen molar-refractivity contribution in [1.29, 1.82) is 0 Å². The standard InChI is InChI=1S/C13H22N2O4/c1-9-10(4-7-19-9)15-12(18)14-8-13(11(16)17)5-2-3-6-13/h9-10H,2-8H2,1H3,(H,16,17)(H2,14,15,18). The molecule has 1 saturated carbocycles. The number of hydrogen-bond donors (Lipinski definition) is 3. The van der Waals surface area contributed by atoms with Gasteiger partial charge < -0.3 is 20.5 Å². The average Bonchev–Trinajstić information content (AvgIpc) is 2.98. The van der Waals surface area contributed by atoms with E-state index >= 15 is 0 Å². The minimum Gasteiger partial charge on any atom is -0.481 e. The van der Waals surface area contributed by atoms with Gasteiger partial charge in [-0.1, -0.05) is 12.8 Å². The number of ether oxygens (including phenoxy) is 1. The highest BCUT2D eigenvalue weighted by Gasteiger charge is 2.41. The monoisotopic (exact) mass is 270 g/mol. The fraction of sp³-hybridized carbons (Fsp3) is 0.846. The molecule has 0 aromatic rings. The van der Waals surface area contributed by atoms with E-state index in [9.17, 15) is 14.7 Å². The van der Waals surface area contributed by atoms with Gasteiger partial charge in [0.25, 0.3) is 0 Å². The van der Waals surface area contributed by atoms with Gasteiger partial charge in [-0.2, -0.15) is 0 Å². The zero-order chi connectivity index (χ0) is 13.9. The molecular formula is C13H22N2O4. The van der Waals surface area contributed by atoms with Crippen LogP contribution in [0.1, 0.15) is 39.0 Å². The summed E-state index contributed by atoms with van der Waals surface area (Å²) in [6.07, 6.45) is 3.95. The third-order valence-electron chi connectivity index (χ3n) is 4.29. The first-order chi connectivity index (χ1) is 9.03. The van der Waals surface area contributed by atoms with E-state index in [0.29, 0.717) is 19.4 Å². The summed E-state index contributed by atoms with van der Waals surface area (Å²) < 4.78 is 5.37. The van der Waals surface area contributed by atoms with Crippen molar-refractivity contribution in [3.8, 4) is 0 Å². The molecule has 0 spiro atoms. The van der Waals surface area contributed by atoms with Crippen LogP contribution in [-0.4, -0.2) is 42.4 Å². The molecular weight excluding hydrogens is 248 g/mol. The van der Waals surface area contributed by atoms with Crippen molar-refractivity contribution in [1.82, 2.24) is 10.6 Å². The molecule has 1 aliphatic carbocycles. The molecule has 108 valence electrons. The van der Waals surface area contributed by atoms with Gasteiger partial charge in [0.15, 0.2) is 0 Å². The third kappa shape index (κ3) is 3.18. The molecule has 0 aromatic carbocycles. The van der Waals surface area contributed by atoms with Crippen molar-refractivity contribution in [3.63, 3.8) is 0 Å². The van der Waals surface area contributed by atoms with Gasteiger partial charge in [-0.25, -0.2) is 4.79 Å². The number of aliphatic carboxylic acids is 1. The maximum atomic E-state index is 11.8. The summed E-state index contributed by atoms with van der Waals surface area (Å²) >= 11 is 0. The second-order valence-electron chi connectivity index (χ2n) is 5.59. The number of carboxylic acids is 1. The Morgan fingerprint density at radius 1 is 1.37 bits per heavy atom. The second-order valence-corrected chi connectivity index (χ2v) is 5.59. The van der Waals surface area contributed by atoms with Gasteiger partial charge >= 0.3 is 12.0 Å². The SMILES string of the molecule is CC1OCCC1NC(=O)NCC1(C(=O)O)CCCC1. The molecule has 2 atom stereocenters. The van der Waals surface area contributed by atoms with Crippen LogP contribution in [0.2, 0.25) is 0 Å². The molecule has 6 nitrogen and oxygen atoms in total. The van der Waals surface area contributed by atoms with Gasteiger partial charge in [0.2, 0.25) is 0 Å². The molecule has 1 aliphatic heterocycles. The first-order valence-electron chi connectivity index (χ1n) is 6.93. The summed E-state index contributed by atoms with van der Waals surface area (Å²) in [6.45, 7) is 2.79. The van der Waals surface area contributed by atoms with Crippen LogP contribution in [0.5, 0.6) is 0 Å². The summed E-state index contributed by atoms with van der Waals surface area (Å²) in [5.74, 6) is -0.803. The van der Waals surface area contributed by atoms with Crippen LogP contribution in [0.25, 0.3) is 0 Å². The van der Waals surface area contributed by atoms with Crippen LogP contribution in [-0.2, 0) is 9.53 Å². The number of hydrogen-bond acceptors (Lipinski definition) is 3. The number of carboxylic acid groups (broad SMARTS) is 1. The van der Waals surface area contributed by atoms with Crippen molar-refractivity contribution in [2.45, 2.75) is 51.2 Å². The second kappa shape index (κ2) is 5.77. The molecule has 2 rings (SSSR count). The van der Waals surface area contributed by atoms with Crippen LogP contribution >= 0.6 is 0 Å². The zero-order valence-electron chi connectivity index (χ0n) is 11.3. The quantitative estimate of drug-likeness (QED) is 0.714. The summed E-state index contributed by atoms with van der Waals surface area (Å²) in [4.78, 5) is 23.1. The molecule has 2 fully saturated rings. The lowest BCUT2D eigenvalue weighted by molar-refractivity contribution is -0.148. The lowest BCUT2D eigenvalue weighted by atomic mass is 9.86. The zero-order valence-corrected chi connectivity index (χ0v) is 11.3. The van der Waals surface area contributed by atoms with Crippen LogP contribution < -0.4 is 10.6 Å². The molecule has 1 saturated heterocycles. The molecule has 2 aliphatic rings. The highest BCUT2D eigenvalue weighted by atomic mass is 16.5. The predicted octanol–water partition coefficient (Wildman–Crippen LogP) is 1.11. The van der Waals surface area contributed by atoms with Crippen LogP contribution in [0.3, 0.4) is 0 Å². The van der Waals surface area contributed by atoms with E-state index in [0.717, 1.165) is 19.3 Å². The smallest absolute Gasteiger partial charge is 0.315 e. The third-order valence-corrected chi connectivity index (χ3v) is 4.29. The van der Waals surface area contributed by atoms with Crippen molar-refractivity contribution in [2.24, 2.45) is 5.41 Å². The number of carbonyl (C=O) groups excluding carboxylic acids is 1. The van der Waals surface area contributed by atoms with E-state index < -0.39 is 11.4 Å². The van der Waals surface area contributed by atoms with Gasteiger partial charge in [-0.3, -0.25) is 4.79 Å². The maximum Gasteiger partial charge on any atom is 0.315 e. The Labute approximate surface area is 112 Å². The molecule has 6 heteroatoms. The van der Waals surface area contributed by atoms with Crippen LogP contribution in [0.15, 0.2) is 0 Å². The van der Waals surface area contributed by atoms with E-state index in [1.165, 1.54) is 0 Å². The fourth-order valence-corrected chi connectivity index (χ4v) is 2.91. The van der Waals surface area contributed by atoms with Gasteiger partial charge in [0, 0.05) is 13.2 Å². The number of carbonyl (C=O) groups is 2. The van der Waals surface area contributed by atoms with Crippen LogP contribution in [0, 0.1) is 5.41 Å². The fourth-order valence-electron chi connectivity index (χ4n) is 2.91. The Hall–Kier alpha value is -1.30. The average molecular weight is 270 g/mol. The number of rotatable bonds is 4. The van der Waals surface area contributed by atoms with E-state index in [1.54, 1.807) is 0 Å². The van der Waals surface area contributed by atoms with Crippen molar-refractivity contribution < 1.29 is 19.4 Å². The summed E-state index contributed by atoms with van der Waals surface area (Å²) in [5, 5.41) is 14.9. The van der Waals surface area contributed by atoms with Gasteiger partial charge in [-0.05, 0) is 26.2 Å². The molecule has 0 radical (unpaired) electrons. The number of amides is 2. The topological polar surface area (TPSA) is 87.7 Å².